The van der Waals surface area contributed by atoms with Gasteiger partial charge < -0.3 is 10.1 Å². The van der Waals surface area contributed by atoms with Gasteiger partial charge >= 0.3 is 0 Å². The SMILES string of the molecule is COc1ccc(C(CC(C)C)NC(=O)c2cccc(NS(=O)(=O)c3ccccc3)c2C)cc1. The van der Waals surface area contributed by atoms with Crippen molar-refractivity contribution >= 4 is 21.6 Å². The molecule has 3 rings (SSSR count). The second kappa shape index (κ2) is 10.5. The largest absolute Gasteiger partial charge is 0.497 e. The van der Waals surface area contributed by atoms with Crippen LogP contribution in [0.3, 0.4) is 0 Å². The van der Waals surface area contributed by atoms with Crippen molar-refractivity contribution < 1.29 is 17.9 Å². The molecule has 0 aromatic heterocycles. The Labute approximate surface area is 196 Å². The number of sulfonamides is 1. The Balaban J connectivity index is 1.85. The first kappa shape index (κ1) is 24.3. The number of hydrogen-bond acceptors (Lipinski definition) is 4. The third-order valence-electron chi connectivity index (χ3n) is 5.41. The maximum absolute atomic E-state index is 13.2. The number of methoxy groups -OCH3 is 1. The van der Waals surface area contributed by atoms with E-state index in [0.717, 1.165) is 17.7 Å². The van der Waals surface area contributed by atoms with Crippen molar-refractivity contribution in [2.75, 3.05) is 11.8 Å². The molecule has 3 aromatic rings. The van der Waals surface area contributed by atoms with E-state index in [0.29, 0.717) is 22.7 Å². The molecule has 0 saturated heterocycles. The summed E-state index contributed by atoms with van der Waals surface area (Å²) in [4.78, 5) is 13.4. The quantitative estimate of drug-likeness (QED) is 0.447. The van der Waals surface area contributed by atoms with Crippen LogP contribution in [0.4, 0.5) is 5.69 Å². The van der Waals surface area contributed by atoms with Crippen LogP contribution in [0.1, 0.15) is 47.8 Å². The minimum atomic E-state index is -3.76. The lowest BCUT2D eigenvalue weighted by atomic mass is 9.96. The molecule has 0 aliphatic heterocycles. The Bertz CT molecular complexity index is 1190. The van der Waals surface area contributed by atoms with Gasteiger partial charge in [0.05, 0.1) is 23.7 Å². The Morgan fingerprint density at radius 3 is 2.21 bits per heavy atom. The van der Waals surface area contributed by atoms with E-state index in [9.17, 15) is 13.2 Å². The summed E-state index contributed by atoms with van der Waals surface area (Å²) in [6.07, 6.45) is 0.761. The zero-order valence-corrected chi connectivity index (χ0v) is 20.1. The van der Waals surface area contributed by atoms with Crippen molar-refractivity contribution in [2.24, 2.45) is 5.92 Å². The zero-order valence-electron chi connectivity index (χ0n) is 19.3. The Kier molecular flexibility index (Phi) is 7.76. The molecule has 1 atom stereocenters. The van der Waals surface area contributed by atoms with Crippen LogP contribution in [0.15, 0.2) is 77.7 Å². The van der Waals surface area contributed by atoms with Gasteiger partial charge in [0.15, 0.2) is 0 Å². The Hall–Kier alpha value is -3.32. The van der Waals surface area contributed by atoms with E-state index in [1.54, 1.807) is 50.4 Å². The minimum Gasteiger partial charge on any atom is -0.497 e. The molecule has 0 spiro atoms. The molecule has 3 aromatic carbocycles. The number of rotatable bonds is 9. The van der Waals surface area contributed by atoms with Gasteiger partial charge in [0.25, 0.3) is 15.9 Å². The average molecular weight is 467 g/mol. The first-order valence-electron chi connectivity index (χ1n) is 10.8. The lowest BCUT2D eigenvalue weighted by molar-refractivity contribution is 0.0931. The van der Waals surface area contributed by atoms with E-state index in [1.807, 2.05) is 24.3 Å². The lowest BCUT2D eigenvalue weighted by Crippen LogP contribution is -2.30. The fourth-order valence-electron chi connectivity index (χ4n) is 3.62. The molecule has 0 saturated carbocycles. The van der Waals surface area contributed by atoms with Crippen molar-refractivity contribution in [1.82, 2.24) is 5.32 Å². The summed E-state index contributed by atoms with van der Waals surface area (Å²) in [5.74, 6) is 0.861. The lowest BCUT2D eigenvalue weighted by Gasteiger charge is -2.22. The van der Waals surface area contributed by atoms with Crippen LogP contribution in [-0.4, -0.2) is 21.4 Å². The van der Waals surface area contributed by atoms with Crippen LogP contribution in [0.25, 0.3) is 0 Å². The van der Waals surface area contributed by atoms with Crippen LogP contribution in [0.2, 0.25) is 0 Å². The van der Waals surface area contributed by atoms with Gasteiger partial charge in [-0.05, 0) is 66.8 Å². The third-order valence-corrected chi connectivity index (χ3v) is 6.79. The third kappa shape index (κ3) is 6.14. The number of nitrogens with one attached hydrogen (secondary N) is 2. The van der Waals surface area contributed by atoms with Gasteiger partial charge in [-0.15, -0.1) is 0 Å². The minimum absolute atomic E-state index is 0.163. The van der Waals surface area contributed by atoms with Gasteiger partial charge in [0.2, 0.25) is 0 Å². The fourth-order valence-corrected chi connectivity index (χ4v) is 4.76. The molecule has 1 unspecified atom stereocenters. The van der Waals surface area contributed by atoms with Crippen LogP contribution < -0.4 is 14.8 Å². The molecule has 0 bridgehead atoms. The van der Waals surface area contributed by atoms with Crippen LogP contribution >= 0.6 is 0 Å². The number of anilines is 1. The van der Waals surface area contributed by atoms with Crippen molar-refractivity contribution in [3.05, 3.63) is 89.5 Å². The van der Waals surface area contributed by atoms with Crippen molar-refractivity contribution in [2.45, 2.75) is 38.1 Å². The molecule has 0 aliphatic rings. The Morgan fingerprint density at radius 2 is 1.61 bits per heavy atom. The van der Waals surface area contributed by atoms with Gasteiger partial charge in [-0.25, -0.2) is 8.42 Å². The summed E-state index contributed by atoms with van der Waals surface area (Å²) >= 11 is 0. The van der Waals surface area contributed by atoms with E-state index in [1.165, 1.54) is 12.1 Å². The standard InChI is InChI=1S/C26H30N2O4S/c1-18(2)17-25(20-13-15-21(32-4)16-14-20)27-26(29)23-11-8-12-24(19(23)3)28-33(30,31)22-9-6-5-7-10-22/h5-16,18,25,28H,17H2,1-4H3,(H,27,29). The molecule has 0 fully saturated rings. The number of carbonyl (C=O) groups is 1. The number of carbonyl (C=O) groups excluding carboxylic acids is 1. The van der Waals surface area contributed by atoms with Crippen LogP contribution in [0.5, 0.6) is 5.75 Å². The zero-order chi connectivity index (χ0) is 24.0. The molecule has 1 amide bonds. The highest BCUT2D eigenvalue weighted by atomic mass is 32.2. The summed E-state index contributed by atoms with van der Waals surface area (Å²) in [6.45, 7) is 5.95. The van der Waals surface area contributed by atoms with Gasteiger partial charge in [0, 0.05) is 5.56 Å². The molecule has 7 heteroatoms. The van der Waals surface area contributed by atoms with Crippen molar-refractivity contribution in [1.29, 1.82) is 0 Å². The van der Waals surface area contributed by atoms with Gasteiger partial charge in [-0.3, -0.25) is 9.52 Å². The predicted octanol–water partition coefficient (Wildman–Crippen LogP) is 5.32. The first-order valence-corrected chi connectivity index (χ1v) is 12.3. The van der Waals surface area contributed by atoms with Crippen LogP contribution in [0, 0.1) is 12.8 Å². The number of amides is 1. The van der Waals surface area contributed by atoms with Crippen molar-refractivity contribution in [3.8, 4) is 5.75 Å². The second-order valence-corrected chi connectivity index (χ2v) is 10.0. The van der Waals surface area contributed by atoms with Gasteiger partial charge in [-0.2, -0.15) is 0 Å². The highest BCUT2D eigenvalue weighted by Gasteiger charge is 2.21. The predicted molar refractivity (Wildman–Crippen MR) is 131 cm³/mol. The highest BCUT2D eigenvalue weighted by molar-refractivity contribution is 7.92. The highest BCUT2D eigenvalue weighted by Crippen LogP contribution is 2.26. The van der Waals surface area contributed by atoms with E-state index < -0.39 is 10.0 Å². The molecule has 174 valence electrons. The maximum atomic E-state index is 13.2. The van der Waals surface area contributed by atoms with E-state index in [2.05, 4.69) is 23.9 Å². The summed E-state index contributed by atoms with van der Waals surface area (Å²) in [7, 11) is -2.15. The molecule has 2 N–H and O–H groups in total. The molecule has 6 nitrogen and oxygen atoms in total. The van der Waals surface area contributed by atoms with Gasteiger partial charge in [0.1, 0.15) is 5.75 Å². The van der Waals surface area contributed by atoms with E-state index >= 15 is 0 Å². The molecule has 0 radical (unpaired) electrons. The van der Waals surface area contributed by atoms with Gasteiger partial charge in [-0.1, -0.05) is 50.2 Å². The monoisotopic (exact) mass is 466 g/mol. The molecule has 0 heterocycles. The average Bonchev–Trinajstić information content (AvgIpc) is 2.80. The summed E-state index contributed by atoms with van der Waals surface area (Å²) in [5, 5.41) is 3.12. The molecular formula is C26H30N2O4S. The van der Waals surface area contributed by atoms with E-state index in [-0.39, 0.29) is 16.8 Å². The normalized spacial score (nSPS) is 12.3. The second-order valence-electron chi connectivity index (χ2n) is 8.33. The summed E-state index contributed by atoms with van der Waals surface area (Å²) < 4.78 is 33.3. The fraction of sp³-hybridized carbons (Fsp3) is 0.269. The summed E-state index contributed by atoms with van der Waals surface area (Å²) in [6, 6.07) is 20.6. The smallest absolute Gasteiger partial charge is 0.261 e. The molecule has 33 heavy (non-hydrogen) atoms. The topological polar surface area (TPSA) is 84.5 Å². The number of benzene rings is 3. The first-order chi connectivity index (χ1) is 15.7. The molecular weight excluding hydrogens is 436 g/mol. The number of ether oxygens (including phenoxy) is 1. The van der Waals surface area contributed by atoms with Crippen LogP contribution in [-0.2, 0) is 10.0 Å². The molecule has 0 aliphatic carbocycles. The maximum Gasteiger partial charge on any atom is 0.261 e. The van der Waals surface area contributed by atoms with E-state index in [4.69, 9.17) is 4.74 Å². The number of hydrogen-bond donors (Lipinski definition) is 2. The Morgan fingerprint density at radius 1 is 0.939 bits per heavy atom. The summed E-state index contributed by atoms with van der Waals surface area (Å²) in [5.41, 5.74) is 2.34. The van der Waals surface area contributed by atoms with Crippen molar-refractivity contribution in [3.63, 3.8) is 0 Å².